The molecule has 0 bridgehead atoms. The number of rotatable bonds is 3. The average Bonchev–Trinajstić information content (AvgIpc) is 2.78. The van der Waals surface area contributed by atoms with Crippen LogP contribution in [0.15, 0.2) is 27.7 Å². The quantitative estimate of drug-likeness (QED) is 0.636. The molecule has 1 unspecified atom stereocenters. The first kappa shape index (κ1) is 13.0. The number of benzene rings is 1. The smallest absolute Gasteiger partial charge is 0.270 e. The molecular formula is C12H13BrN2O3. The summed E-state index contributed by atoms with van der Waals surface area (Å²) in [4.78, 5) is 14.8. The first-order valence-electron chi connectivity index (χ1n) is 5.64. The molecule has 1 heterocycles. The van der Waals surface area contributed by atoms with E-state index in [1.54, 1.807) is 6.07 Å². The van der Waals surface area contributed by atoms with Gasteiger partial charge in [0.1, 0.15) is 6.61 Å². The second-order valence-electron chi connectivity index (χ2n) is 4.48. The van der Waals surface area contributed by atoms with E-state index in [2.05, 4.69) is 34.8 Å². The normalized spacial score (nSPS) is 18.7. The number of hydrogen-bond acceptors (Lipinski definition) is 4. The van der Waals surface area contributed by atoms with Crippen molar-refractivity contribution in [3.63, 3.8) is 0 Å². The van der Waals surface area contributed by atoms with Crippen LogP contribution in [0.2, 0.25) is 0 Å². The Morgan fingerprint density at radius 1 is 1.56 bits per heavy atom. The van der Waals surface area contributed by atoms with Gasteiger partial charge in [-0.1, -0.05) is 13.8 Å². The molecule has 0 N–H and O–H groups in total. The molecule has 18 heavy (non-hydrogen) atoms. The summed E-state index contributed by atoms with van der Waals surface area (Å²) >= 11 is 3.36. The van der Waals surface area contributed by atoms with Gasteiger partial charge in [0.25, 0.3) is 5.69 Å². The van der Waals surface area contributed by atoms with Gasteiger partial charge < -0.3 is 4.74 Å². The first-order valence-corrected chi connectivity index (χ1v) is 6.43. The van der Waals surface area contributed by atoms with Gasteiger partial charge in [-0.2, -0.15) is 0 Å². The Kier molecular flexibility index (Phi) is 3.65. The van der Waals surface area contributed by atoms with Gasteiger partial charge in [-0.05, 0) is 27.9 Å². The fourth-order valence-electron chi connectivity index (χ4n) is 1.67. The minimum absolute atomic E-state index is 0.0347. The third-order valence-electron chi connectivity index (χ3n) is 2.83. The lowest BCUT2D eigenvalue weighted by molar-refractivity contribution is -0.384. The van der Waals surface area contributed by atoms with Crippen LogP contribution in [0.5, 0.6) is 0 Å². The average molecular weight is 313 g/mol. The Balaban J connectivity index is 2.36. The highest BCUT2D eigenvalue weighted by molar-refractivity contribution is 9.10. The third kappa shape index (κ3) is 2.53. The molecule has 1 aromatic rings. The second kappa shape index (κ2) is 5.06. The van der Waals surface area contributed by atoms with E-state index in [9.17, 15) is 10.1 Å². The molecule has 0 fully saturated rings. The molecule has 0 saturated heterocycles. The first-order chi connectivity index (χ1) is 8.49. The standard InChI is InChI=1S/C12H13BrN2O3/c1-7(2)11-6-18-12(14-11)9-5-8(15(16)17)3-4-10(9)13/h3-5,7,11H,6H2,1-2H3. The van der Waals surface area contributed by atoms with Crippen molar-refractivity contribution in [2.24, 2.45) is 10.9 Å². The molecule has 0 aliphatic carbocycles. The summed E-state index contributed by atoms with van der Waals surface area (Å²) in [5.74, 6) is 0.865. The summed E-state index contributed by atoms with van der Waals surface area (Å²) < 4.78 is 6.27. The van der Waals surface area contributed by atoms with E-state index in [1.165, 1.54) is 12.1 Å². The van der Waals surface area contributed by atoms with Crippen LogP contribution in [0.4, 0.5) is 5.69 Å². The minimum atomic E-state index is -0.425. The number of nitrogens with zero attached hydrogens (tertiary/aromatic N) is 2. The second-order valence-corrected chi connectivity index (χ2v) is 5.33. The van der Waals surface area contributed by atoms with E-state index >= 15 is 0 Å². The Morgan fingerprint density at radius 2 is 2.28 bits per heavy atom. The van der Waals surface area contributed by atoms with E-state index in [4.69, 9.17) is 4.74 Å². The molecule has 0 spiro atoms. The van der Waals surface area contributed by atoms with Gasteiger partial charge in [-0.15, -0.1) is 0 Å². The predicted molar refractivity (Wildman–Crippen MR) is 71.9 cm³/mol. The van der Waals surface area contributed by atoms with E-state index in [1.807, 2.05) is 0 Å². The number of aliphatic imine (C=N–C) groups is 1. The summed E-state index contributed by atoms with van der Waals surface area (Å²) in [6.45, 7) is 4.67. The van der Waals surface area contributed by atoms with Crippen LogP contribution in [0, 0.1) is 16.0 Å². The molecule has 1 aromatic carbocycles. The van der Waals surface area contributed by atoms with Crippen molar-refractivity contribution in [3.05, 3.63) is 38.3 Å². The molecule has 0 radical (unpaired) electrons. The van der Waals surface area contributed by atoms with Crippen LogP contribution < -0.4 is 0 Å². The van der Waals surface area contributed by atoms with Gasteiger partial charge in [-0.3, -0.25) is 10.1 Å². The van der Waals surface area contributed by atoms with E-state index < -0.39 is 4.92 Å². The highest BCUT2D eigenvalue weighted by Crippen LogP contribution is 2.26. The number of hydrogen-bond donors (Lipinski definition) is 0. The lowest BCUT2D eigenvalue weighted by Crippen LogP contribution is -2.13. The summed E-state index contributed by atoms with van der Waals surface area (Å²) in [6, 6.07) is 4.68. The Morgan fingerprint density at radius 3 is 2.83 bits per heavy atom. The molecule has 1 aliphatic heterocycles. The Hall–Kier alpha value is -1.43. The van der Waals surface area contributed by atoms with Crippen LogP contribution in [-0.4, -0.2) is 23.5 Å². The fourth-order valence-corrected chi connectivity index (χ4v) is 2.09. The zero-order chi connectivity index (χ0) is 13.3. The van der Waals surface area contributed by atoms with Crippen molar-refractivity contribution < 1.29 is 9.66 Å². The largest absolute Gasteiger partial charge is 0.475 e. The molecule has 0 saturated carbocycles. The van der Waals surface area contributed by atoms with Crippen molar-refractivity contribution in [2.45, 2.75) is 19.9 Å². The van der Waals surface area contributed by atoms with Gasteiger partial charge >= 0.3 is 0 Å². The van der Waals surface area contributed by atoms with E-state index in [-0.39, 0.29) is 11.7 Å². The molecule has 0 amide bonds. The monoisotopic (exact) mass is 312 g/mol. The van der Waals surface area contributed by atoms with Gasteiger partial charge in [0.2, 0.25) is 5.90 Å². The van der Waals surface area contributed by atoms with Crippen molar-refractivity contribution in [2.75, 3.05) is 6.61 Å². The highest BCUT2D eigenvalue weighted by atomic mass is 79.9. The van der Waals surface area contributed by atoms with Crippen LogP contribution >= 0.6 is 15.9 Å². The lowest BCUT2D eigenvalue weighted by Gasteiger charge is -2.06. The Bertz CT molecular complexity index is 514. The molecular weight excluding hydrogens is 300 g/mol. The van der Waals surface area contributed by atoms with Gasteiger partial charge in [0.15, 0.2) is 0 Å². The summed E-state index contributed by atoms with van der Waals surface area (Å²) in [6.07, 6.45) is 0. The summed E-state index contributed by atoms with van der Waals surface area (Å²) in [5, 5.41) is 10.8. The number of non-ortho nitro benzene ring substituents is 1. The maximum absolute atomic E-state index is 10.8. The van der Waals surface area contributed by atoms with Crippen molar-refractivity contribution >= 4 is 27.5 Å². The zero-order valence-corrected chi connectivity index (χ0v) is 11.7. The van der Waals surface area contributed by atoms with Crippen molar-refractivity contribution in [1.82, 2.24) is 0 Å². The predicted octanol–water partition coefficient (Wildman–Crippen LogP) is 3.16. The fraction of sp³-hybridized carbons (Fsp3) is 0.417. The van der Waals surface area contributed by atoms with Crippen molar-refractivity contribution in [3.8, 4) is 0 Å². The molecule has 1 atom stereocenters. The number of halogens is 1. The summed E-state index contributed by atoms with van der Waals surface area (Å²) in [7, 11) is 0. The molecule has 0 aromatic heterocycles. The maximum Gasteiger partial charge on any atom is 0.270 e. The van der Waals surface area contributed by atoms with Crippen molar-refractivity contribution in [1.29, 1.82) is 0 Å². The van der Waals surface area contributed by atoms with E-state index in [0.717, 1.165) is 4.47 Å². The van der Waals surface area contributed by atoms with Crippen LogP contribution in [-0.2, 0) is 4.74 Å². The number of ether oxygens (including phenoxy) is 1. The van der Waals surface area contributed by atoms with Gasteiger partial charge in [0, 0.05) is 16.6 Å². The van der Waals surface area contributed by atoms with Gasteiger partial charge in [-0.25, -0.2) is 4.99 Å². The minimum Gasteiger partial charge on any atom is -0.475 e. The molecule has 96 valence electrons. The molecule has 2 rings (SSSR count). The number of nitro groups is 1. The summed E-state index contributed by atoms with van der Waals surface area (Å²) in [5.41, 5.74) is 0.667. The maximum atomic E-state index is 10.8. The van der Waals surface area contributed by atoms with Crippen LogP contribution in [0.25, 0.3) is 0 Å². The molecule has 6 heteroatoms. The van der Waals surface area contributed by atoms with Crippen LogP contribution in [0.3, 0.4) is 0 Å². The Labute approximate surface area is 113 Å². The lowest BCUT2D eigenvalue weighted by atomic mass is 10.1. The number of nitro benzene ring substituents is 1. The SMILES string of the molecule is CC(C)C1COC(c2cc([N+](=O)[O-])ccc2Br)=N1. The van der Waals surface area contributed by atoms with Crippen LogP contribution in [0.1, 0.15) is 19.4 Å². The zero-order valence-electron chi connectivity index (χ0n) is 10.1. The highest BCUT2D eigenvalue weighted by Gasteiger charge is 2.25. The molecule has 1 aliphatic rings. The molecule has 5 nitrogen and oxygen atoms in total. The topological polar surface area (TPSA) is 64.7 Å². The third-order valence-corrected chi connectivity index (χ3v) is 3.53. The van der Waals surface area contributed by atoms with E-state index in [0.29, 0.717) is 24.0 Å². The van der Waals surface area contributed by atoms with Gasteiger partial charge in [0.05, 0.1) is 16.5 Å².